The summed E-state index contributed by atoms with van der Waals surface area (Å²) >= 11 is 0. The molecule has 1 unspecified atom stereocenters. The van der Waals surface area contributed by atoms with Gasteiger partial charge in [0, 0.05) is 43.9 Å². The molecular weight excluding hydrogens is 400 g/mol. The highest BCUT2D eigenvalue weighted by Gasteiger charge is 2.26. The van der Waals surface area contributed by atoms with Crippen LogP contribution in [-0.4, -0.2) is 74.0 Å². The molecule has 3 amide bonds. The van der Waals surface area contributed by atoms with Crippen molar-refractivity contribution in [1.29, 1.82) is 0 Å². The molecule has 2 aliphatic rings. The summed E-state index contributed by atoms with van der Waals surface area (Å²) in [5.41, 5.74) is 1.29. The highest BCUT2D eigenvalue weighted by atomic mass is 16.6. The summed E-state index contributed by atoms with van der Waals surface area (Å²) in [4.78, 5) is 48.0. The third-order valence-electron chi connectivity index (χ3n) is 4.91. The number of amides is 3. The molecule has 0 aromatic heterocycles. The molecule has 0 saturated carbocycles. The lowest BCUT2D eigenvalue weighted by Crippen LogP contribution is -2.50. The fourth-order valence-electron chi connectivity index (χ4n) is 3.21. The van der Waals surface area contributed by atoms with Gasteiger partial charge in [0.1, 0.15) is 11.9 Å². The van der Waals surface area contributed by atoms with Crippen LogP contribution in [0.1, 0.15) is 44.0 Å². The van der Waals surface area contributed by atoms with Crippen LogP contribution < -0.4 is 15.5 Å². The molecule has 1 aromatic carbocycles. The monoisotopic (exact) mass is 432 g/mol. The number of nitrogens with one attached hydrogen (secondary N) is 2. The number of piperazine rings is 1. The summed E-state index contributed by atoms with van der Waals surface area (Å²) in [6.07, 6.45) is 1.64. The van der Waals surface area contributed by atoms with E-state index in [1.165, 1.54) is 0 Å². The number of hydrogen-bond acceptors (Lipinski definition) is 7. The number of anilines is 1. The normalized spacial score (nSPS) is 19.2. The number of aldehydes is 1. The molecule has 170 valence electrons. The van der Waals surface area contributed by atoms with Crippen LogP contribution in [0.25, 0.3) is 0 Å². The maximum atomic E-state index is 12.0. The Morgan fingerprint density at radius 3 is 2.23 bits per heavy atom. The molecule has 0 spiro atoms. The first-order valence-electron chi connectivity index (χ1n) is 10.4. The SMILES string of the molecule is CC(C)(C)OC(=O)N1CCN(c2ccc(C=O)cc2)CC1.CNC1CCC(=O)NC1=O. The Bertz CT molecular complexity index is 780. The van der Waals surface area contributed by atoms with Gasteiger partial charge in [0.2, 0.25) is 11.8 Å². The van der Waals surface area contributed by atoms with Crippen LogP contribution in [0, 0.1) is 0 Å². The van der Waals surface area contributed by atoms with Gasteiger partial charge >= 0.3 is 6.09 Å². The van der Waals surface area contributed by atoms with Crippen LogP contribution in [0.3, 0.4) is 0 Å². The largest absolute Gasteiger partial charge is 0.444 e. The number of piperidine rings is 1. The number of rotatable bonds is 3. The van der Waals surface area contributed by atoms with E-state index in [2.05, 4.69) is 15.5 Å². The molecule has 0 radical (unpaired) electrons. The molecule has 0 aliphatic carbocycles. The molecule has 9 heteroatoms. The Hall–Kier alpha value is -2.94. The Morgan fingerprint density at radius 1 is 1.13 bits per heavy atom. The smallest absolute Gasteiger partial charge is 0.410 e. The number of benzene rings is 1. The molecule has 1 aromatic rings. The Balaban J connectivity index is 0.000000285. The van der Waals surface area contributed by atoms with Crippen molar-refractivity contribution in [3.05, 3.63) is 29.8 Å². The van der Waals surface area contributed by atoms with Gasteiger partial charge in [-0.15, -0.1) is 0 Å². The minimum Gasteiger partial charge on any atom is -0.444 e. The van der Waals surface area contributed by atoms with Gasteiger partial charge < -0.3 is 19.9 Å². The zero-order valence-electron chi connectivity index (χ0n) is 18.6. The number of hydrogen-bond donors (Lipinski definition) is 2. The molecule has 2 saturated heterocycles. The zero-order chi connectivity index (χ0) is 23.0. The van der Waals surface area contributed by atoms with Crippen LogP contribution in [0.15, 0.2) is 24.3 Å². The van der Waals surface area contributed by atoms with Crippen LogP contribution in [0.5, 0.6) is 0 Å². The van der Waals surface area contributed by atoms with Gasteiger partial charge in [0.15, 0.2) is 0 Å². The molecule has 31 heavy (non-hydrogen) atoms. The van der Waals surface area contributed by atoms with Crippen molar-refractivity contribution in [2.75, 3.05) is 38.1 Å². The minimum absolute atomic E-state index is 0.170. The first kappa shape index (κ1) is 24.3. The zero-order valence-corrected chi connectivity index (χ0v) is 18.6. The molecular formula is C22H32N4O5. The third-order valence-corrected chi connectivity index (χ3v) is 4.91. The summed E-state index contributed by atoms with van der Waals surface area (Å²) in [5.74, 6) is -0.379. The molecule has 0 bridgehead atoms. The molecule has 2 aliphatic heterocycles. The highest BCUT2D eigenvalue weighted by molar-refractivity contribution is 6.00. The summed E-state index contributed by atoms with van der Waals surface area (Å²) in [5, 5.41) is 5.05. The van der Waals surface area contributed by atoms with Crippen molar-refractivity contribution in [3.63, 3.8) is 0 Å². The van der Waals surface area contributed by atoms with Gasteiger partial charge in [0.25, 0.3) is 0 Å². The van der Waals surface area contributed by atoms with E-state index in [1.807, 2.05) is 45.0 Å². The number of likely N-dealkylation sites (N-methyl/N-ethyl adjacent to an activating group) is 1. The second-order valence-corrected chi connectivity index (χ2v) is 8.46. The first-order valence-corrected chi connectivity index (χ1v) is 10.4. The van der Waals surface area contributed by atoms with Crippen LogP contribution in [0.4, 0.5) is 10.5 Å². The van der Waals surface area contributed by atoms with Crippen molar-refractivity contribution in [3.8, 4) is 0 Å². The lowest BCUT2D eigenvalue weighted by atomic mass is 10.1. The van der Waals surface area contributed by atoms with Crippen molar-refractivity contribution in [2.24, 2.45) is 0 Å². The quantitative estimate of drug-likeness (QED) is 0.551. The van der Waals surface area contributed by atoms with E-state index in [4.69, 9.17) is 4.74 Å². The van der Waals surface area contributed by atoms with E-state index in [-0.39, 0.29) is 23.9 Å². The fourth-order valence-corrected chi connectivity index (χ4v) is 3.21. The second kappa shape index (κ2) is 10.9. The molecule has 3 rings (SSSR count). The lowest BCUT2D eigenvalue weighted by molar-refractivity contribution is -0.134. The predicted octanol–water partition coefficient (Wildman–Crippen LogP) is 1.57. The maximum absolute atomic E-state index is 12.0. The number of carbonyl (C=O) groups excluding carboxylic acids is 4. The number of ether oxygens (including phenoxy) is 1. The van der Waals surface area contributed by atoms with Crippen molar-refractivity contribution >= 4 is 29.9 Å². The Kier molecular flexibility index (Phi) is 8.56. The standard InChI is InChI=1S/C16H22N2O3.C6H10N2O2/c1-16(2,3)21-15(20)18-10-8-17(9-11-18)14-6-4-13(12-19)5-7-14;1-7-4-2-3-5(9)8-6(4)10/h4-7,12H,8-11H2,1-3H3;4,7H,2-3H2,1H3,(H,8,9,10). The fraction of sp³-hybridized carbons (Fsp3) is 0.545. The minimum atomic E-state index is -0.459. The van der Waals surface area contributed by atoms with Gasteiger partial charge in [-0.2, -0.15) is 0 Å². The Morgan fingerprint density at radius 2 is 1.74 bits per heavy atom. The van der Waals surface area contributed by atoms with E-state index >= 15 is 0 Å². The van der Waals surface area contributed by atoms with Crippen molar-refractivity contribution in [2.45, 2.75) is 45.3 Å². The highest BCUT2D eigenvalue weighted by Crippen LogP contribution is 2.18. The first-order chi connectivity index (χ1) is 14.6. The second-order valence-electron chi connectivity index (χ2n) is 8.46. The van der Waals surface area contributed by atoms with Crippen LogP contribution in [-0.2, 0) is 14.3 Å². The average Bonchev–Trinajstić information content (AvgIpc) is 2.73. The van der Waals surface area contributed by atoms with E-state index in [9.17, 15) is 19.2 Å². The molecule has 2 heterocycles. The predicted molar refractivity (Wildman–Crippen MR) is 117 cm³/mol. The van der Waals surface area contributed by atoms with Crippen LogP contribution >= 0.6 is 0 Å². The summed E-state index contributed by atoms with van der Waals surface area (Å²) in [6, 6.07) is 7.31. The molecule has 2 fully saturated rings. The van der Waals surface area contributed by atoms with E-state index in [1.54, 1.807) is 11.9 Å². The Labute approximate surface area is 183 Å². The molecule has 1 atom stereocenters. The summed E-state index contributed by atoms with van der Waals surface area (Å²) in [6.45, 7) is 8.43. The average molecular weight is 433 g/mol. The van der Waals surface area contributed by atoms with Gasteiger partial charge in [0.05, 0.1) is 6.04 Å². The van der Waals surface area contributed by atoms with Crippen molar-refractivity contribution in [1.82, 2.24) is 15.5 Å². The van der Waals surface area contributed by atoms with Gasteiger partial charge in [-0.05, 0) is 58.5 Å². The van der Waals surface area contributed by atoms with Gasteiger partial charge in [-0.1, -0.05) is 0 Å². The lowest BCUT2D eigenvalue weighted by Gasteiger charge is -2.36. The van der Waals surface area contributed by atoms with Crippen LogP contribution in [0.2, 0.25) is 0 Å². The summed E-state index contributed by atoms with van der Waals surface area (Å²) < 4.78 is 5.38. The van der Waals surface area contributed by atoms with Crippen molar-refractivity contribution < 1.29 is 23.9 Å². The summed E-state index contributed by atoms with van der Waals surface area (Å²) in [7, 11) is 1.71. The topological polar surface area (TPSA) is 108 Å². The van der Waals surface area contributed by atoms with E-state index in [0.717, 1.165) is 25.1 Å². The molecule has 2 N–H and O–H groups in total. The van der Waals surface area contributed by atoms with E-state index < -0.39 is 5.60 Å². The number of imide groups is 1. The third kappa shape index (κ3) is 7.67. The maximum Gasteiger partial charge on any atom is 0.410 e. The van der Waals surface area contributed by atoms with Gasteiger partial charge in [-0.25, -0.2) is 4.79 Å². The van der Waals surface area contributed by atoms with Gasteiger partial charge in [-0.3, -0.25) is 19.7 Å². The number of nitrogens with zero attached hydrogens (tertiary/aromatic N) is 2. The molecule has 9 nitrogen and oxygen atoms in total. The van der Waals surface area contributed by atoms with E-state index in [0.29, 0.717) is 31.5 Å². The number of carbonyl (C=O) groups is 4.